The van der Waals surface area contributed by atoms with Crippen molar-refractivity contribution in [2.24, 2.45) is 5.10 Å². The number of hydrazone groups is 1. The van der Waals surface area contributed by atoms with Crippen molar-refractivity contribution >= 4 is 39.8 Å². The molecule has 28 heavy (non-hydrogen) atoms. The number of hydrogen-bond acceptors (Lipinski definition) is 5. The van der Waals surface area contributed by atoms with Gasteiger partial charge in [0.1, 0.15) is 5.58 Å². The normalized spacial score (nSPS) is 11.2. The molecule has 0 saturated heterocycles. The molecular weight excluding hydrogens is 356 g/mol. The second kappa shape index (κ2) is 7.36. The number of ether oxygens (including phenoxy) is 1. The first-order valence-corrected chi connectivity index (χ1v) is 8.59. The van der Waals surface area contributed by atoms with Gasteiger partial charge in [-0.3, -0.25) is 4.79 Å². The molecule has 1 N–H and O–H groups in total. The summed E-state index contributed by atoms with van der Waals surface area (Å²) in [5.74, 6) is -0.665. The third kappa shape index (κ3) is 3.35. The maximum atomic E-state index is 12.3. The van der Waals surface area contributed by atoms with Gasteiger partial charge < -0.3 is 9.15 Å². The Labute approximate surface area is 160 Å². The van der Waals surface area contributed by atoms with Crippen LogP contribution < -0.4 is 5.43 Å². The van der Waals surface area contributed by atoms with Crippen molar-refractivity contribution < 1.29 is 18.7 Å². The summed E-state index contributed by atoms with van der Waals surface area (Å²) in [5, 5.41) is 6.93. The van der Waals surface area contributed by atoms with Crippen molar-refractivity contribution in [2.75, 3.05) is 7.11 Å². The highest BCUT2D eigenvalue weighted by Gasteiger charge is 2.13. The van der Waals surface area contributed by atoms with E-state index in [1.54, 1.807) is 30.3 Å². The molecule has 1 aromatic heterocycles. The molecule has 0 fully saturated rings. The predicted octanol–water partition coefficient (Wildman–Crippen LogP) is 4.14. The number of amides is 1. The third-order valence-electron chi connectivity index (χ3n) is 4.36. The van der Waals surface area contributed by atoms with Crippen LogP contribution in [0.2, 0.25) is 0 Å². The van der Waals surface area contributed by atoms with Crippen LogP contribution in [0.3, 0.4) is 0 Å². The highest BCUT2D eigenvalue weighted by Crippen LogP contribution is 2.28. The number of carbonyl (C=O) groups excluding carboxylic acids is 2. The summed E-state index contributed by atoms with van der Waals surface area (Å²) in [6.45, 7) is 0. The van der Waals surface area contributed by atoms with E-state index in [-0.39, 0.29) is 5.76 Å². The molecule has 0 atom stereocenters. The van der Waals surface area contributed by atoms with E-state index in [0.717, 1.165) is 21.7 Å². The zero-order chi connectivity index (χ0) is 19.5. The zero-order valence-corrected chi connectivity index (χ0v) is 15.0. The summed E-state index contributed by atoms with van der Waals surface area (Å²) >= 11 is 0. The topological polar surface area (TPSA) is 80.9 Å². The molecule has 6 nitrogen and oxygen atoms in total. The Morgan fingerprint density at radius 3 is 2.57 bits per heavy atom. The molecule has 0 radical (unpaired) electrons. The lowest BCUT2D eigenvalue weighted by molar-refractivity contribution is 0.0600. The van der Waals surface area contributed by atoms with Crippen molar-refractivity contribution in [1.82, 2.24) is 5.43 Å². The Hall–Kier alpha value is -3.93. The van der Waals surface area contributed by atoms with E-state index in [9.17, 15) is 9.59 Å². The van der Waals surface area contributed by atoms with Crippen molar-refractivity contribution in [1.29, 1.82) is 0 Å². The van der Waals surface area contributed by atoms with E-state index in [4.69, 9.17) is 4.42 Å². The maximum Gasteiger partial charge on any atom is 0.337 e. The number of rotatable bonds is 4. The fraction of sp³-hybridized carbons (Fsp3) is 0.0455. The third-order valence-corrected chi connectivity index (χ3v) is 4.36. The summed E-state index contributed by atoms with van der Waals surface area (Å²) in [6, 6.07) is 20.1. The zero-order valence-electron chi connectivity index (χ0n) is 15.0. The number of furan rings is 1. The van der Waals surface area contributed by atoms with Gasteiger partial charge in [0.05, 0.1) is 18.9 Å². The first-order chi connectivity index (χ1) is 13.7. The summed E-state index contributed by atoms with van der Waals surface area (Å²) in [6.07, 6.45) is 1.48. The highest BCUT2D eigenvalue weighted by atomic mass is 16.5. The van der Waals surface area contributed by atoms with E-state index in [0.29, 0.717) is 11.1 Å². The Morgan fingerprint density at radius 1 is 1.00 bits per heavy atom. The molecule has 4 rings (SSSR count). The van der Waals surface area contributed by atoms with Gasteiger partial charge in [-0.15, -0.1) is 0 Å². The molecule has 0 unspecified atom stereocenters. The lowest BCUT2D eigenvalue weighted by Gasteiger charge is -1.99. The molecule has 0 saturated carbocycles. The summed E-state index contributed by atoms with van der Waals surface area (Å²) in [4.78, 5) is 23.8. The van der Waals surface area contributed by atoms with Crippen molar-refractivity contribution in [3.05, 3.63) is 83.6 Å². The van der Waals surface area contributed by atoms with E-state index in [1.165, 1.54) is 13.3 Å². The van der Waals surface area contributed by atoms with Gasteiger partial charge in [-0.2, -0.15) is 5.10 Å². The molecule has 138 valence electrons. The van der Waals surface area contributed by atoms with Crippen LogP contribution in [0.1, 0.15) is 26.5 Å². The van der Waals surface area contributed by atoms with Gasteiger partial charge in [0.15, 0.2) is 5.76 Å². The van der Waals surface area contributed by atoms with Crippen LogP contribution in [0, 0.1) is 0 Å². The Balaban J connectivity index is 1.50. The molecule has 1 amide bonds. The van der Waals surface area contributed by atoms with E-state index in [1.807, 2.05) is 36.4 Å². The molecule has 0 bridgehead atoms. The summed E-state index contributed by atoms with van der Waals surface area (Å²) < 4.78 is 10.3. The highest BCUT2D eigenvalue weighted by molar-refractivity contribution is 6.08. The minimum absolute atomic E-state index is 0.185. The quantitative estimate of drug-likeness (QED) is 0.332. The number of esters is 1. The van der Waals surface area contributed by atoms with Gasteiger partial charge in [-0.05, 0) is 40.6 Å². The maximum absolute atomic E-state index is 12.3. The molecule has 0 spiro atoms. The second-order valence-corrected chi connectivity index (χ2v) is 6.12. The van der Waals surface area contributed by atoms with Gasteiger partial charge in [0.2, 0.25) is 0 Å². The first kappa shape index (κ1) is 17.5. The number of benzene rings is 3. The average molecular weight is 372 g/mol. The number of hydrogen-bond donors (Lipinski definition) is 1. The number of nitrogens with zero attached hydrogens (tertiary/aromatic N) is 1. The minimum Gasteiger partial charge on any atom is -0.465 e. The van der Waals surface area contributed by atoms with Crippen molar-refractivity contribution in [3.63, 3.8) is 0 Å². The molecule has 0 aliphatic heterocycles. The Bertz CT molecular complexity index is 1210. The van der Waals surface area contributed by atoms with Crippen LogP contribution in [0.4, 0.5) is 0 Å². The fourth-order valence-corrected chi connectivity index (χ4v) is 2.95. The molecule has 0 aliphatic rings. The number of nitrogens with one attached hydrogen (secondary N) is 1. The van der Waals surface area contributed by atoms with E-state index < -0.39 is 11.9 Å². The number of methoxy groups -OCH3 is 1. The van der Waals surface area contributed by atoms with Crippen molar-refractivity contribution in [3.8, 4) is 0 Å². The van der Waals surface area contributed by atoms with Gasteiger partial charge in [-0.25, -0.2) is 10.2 Å². The summed E-state index contributed by atoms with van der Waals surface area (Å²) in [7, 11) is 1.33. The smallest absolute Gasteiger partial charge is 0.337 e. The molecule has 4 aromatic rings. The van der Waals surface area contributed by atoms with Gasteiger partial charge in [0.25, 0.3) is 0 Å². The standard InChI is InChI=1S/C22H16N2O4/c1-27-22(26)16-8-6-14(7-9-16)13-23-24-21(25)20-12-18-17-5-3-2-4-15(17)10-11-19(18)28-20/h2-13H,1H3,(H,24,25). The van der Waals surface area contributed by atoms with E-state index >= 15 is 0 Å². The number of fused-ring (bicyclic) bond motifs is 3. The van der Waals surface area contributed by atoms with Crippen LogP contribution in [0.15, 0.2) is 76.2 Å². The fourth-order valence-electron chi connectivity index (χ4n) is 2.95. The molecule has 0 aliphatic carbocycles. The van der Waals surface area contributed by atoms with Gasteiger partial charge in [-0.1, -0.05) is 42.5 Å². The van der Waals surface area contributed by atoms with Crippen LogP contribution in [-0.2, 0) is 4.74 Å². The lowest BCUT2D eigenvalue weighted by Crippen LogP contribution is -2.16. The largest absolute Gasteiger partial charge is 0.465 e. The molecule has 3 aromatic carbocycles. The van der Waals surface area contributed by atoms with Crippen LogP contribution in [0.5, 0.6) is 0 Å². The monoisotopic (exact) mass is 372 g/mol. The minimum atomic E-state index is -0.442. The average Bonchev–Trinajstić information content (AvgIpc) is 3.19. The molecule has 1 heterocycles. The van der Waals surface area contributed by atoms with Crippen LogP contribution in [-0.4, -0.2) is 25.2 Å². The number of carbonyl (C=O) groups is 2. The van der Waals surface area contributed by atoms with Gasteiger partial charge in [0, 0.05) is 5.39 Å². The Morgan fingerprint density at radius 2 is 1.79 bits per heavy atom. The van der Waals surface area contributed by atoms with Crippen LogP contribution in [0.25, 0.3) is 21.7 Å². The summed E-state index contributed by atoms with van der Waals surface area (Å²) in [5.41, 5.74) is 4.26. The Kier molecular flexibility index (Phi) is 4.60. The molecule has 6 heteroatoms. The second-order valence-electron chi connectivity index (χ2n) is 6.12. The van der Waals surface area contributed by atoms with E-state index in [2.05, 4.69) is 15.3 Å². The predicted molar refractivity (Wildman–Crippen MR) is 107 cm³/mol. The van der Waals surface area contributed by atoms with Crippen LogP contribution >= 0.6 is 0 Å². The SMILES string of the molecule is COC(=O)c1ccc(C=NNC(=O)c2cc3c(ccc4ccccc43)o2)cc1. The van der Waals surface area contributed by atoms with Crippen molar-refractivity contribution in [2.45, 2.75) is 0 Å². The first-order valence-electron chi connectivity index (χ1n) is 8.59. The van der Waals surface area contributed by atoms with Gasteiger partial charge >= 0.3 is 11.9 Å². The lowest BCUT2D eigenvalue weighted by atomic mass is 10.1. The molecular formula is C22H16N2O4.